The number of anilines is 1. The second-order valence-electron chi connectivity index (χ2n) is 4.64. The average molecular weight is 295 g/mol. The lowest BCUT2D eigenvalue weighted by Gasteiger charge is -2.10. The fraction of sp³-hybridized carbons (Fsp3) is 0.333. The highest BCUT2D eigenvalue weighted by Gasteiger charge is 2.17. The number of nitrogens with two attached hydrogens (primary N) is 1. The molecule has 7 nitrogen and oxygen atoms in total. The number of nitrogens with zero attached hydrogens (tertiary/aromatic N) is 3. The van der Waals surface area contributed by atoms with Crippen molar-refractivity contribution >= 4 is 15.7 Å². The molecule has 0 aliphatic carbocycles. The van der Waals surface area contributed by atoms with Crippen molar-refractivity contribution in [3.63, 3.8) is 0 Å². The smallest absolute Gasteiger partial charge is 0.241 e. The SMILES string of the molecule is Cc1cc(S(=O)(=O)NCc2nncn2C)cc(N)c1C. The largest absolute Gasteiger partial charge is 0.398 e. The fourth-order valence-electron chi connectivity index (χ4n) is 1.72. The van der Waals surface area contributed by atoms with Crippen molar-refractivity contribution in [3.05, 3.63) is 35.4 Å². The molecule has 0 amide bonds. The first-order valence-corrected chi connectivity index (χ1v) is 7.49. The van der Waals surface area contributed by atoms with E-state index >= 15 is 0 Å². The molecular formula is C12H17N5O2S. The highest BCUT2D eigenvalue weighted by molar-refractivity contribution is 7.89. The van der Waals surface area contributed by atoms with Gasteiger partial charge in [-0.2, -0.15) is 0 Å². The average Bonchev–Trinajstić information content (AvgIpc) is 2.78. The number of rotatable bonds is 4. The van der Waals surface area contributed by atoms with Crippen molar-refractivity contribution in [1.82, 2.24) is 19.5 Å². The summed E-state index contributed by atoms with van der Waals surface area (Å²) < 4.78 is 28.6. The van der Waals surface area contributed by atoms with Gasteiger partial charge in [-0.25, -0.2) is 13.1 Å². The monoisotopic (exact) mass is 295 g/mol. The molecule has 1 aromatic carbocycles. The molecule has 2 aromatic rings. The normalized spacial score (nSPS) is 11.8. The first-order chi connectivity index (χ1) is 9.31. The summed E-state index contributed by atoms with van der Waals surface area (Å²) in [6.45, 7) is 3.76. The van der Waals surface area contributed by atoms with Gasteiger partial charge in [0.2, 0.25) is 10.0 Å². The standard InChI is InChI=1S/C12H17N5O2S/c1-8-4-10(5-11(13)9(8)2)20(18,19)15-6-12-16-14-7-17(12)3/h4-5,7,15H,6,13H2,1-3H3. The maximum atomic E-state index is 12.2. The van der Waals surface area contributed by atoms with Gasteiger partial charge in [-0.1, -0.05) is 0 Å². The molecule has 0 radical (unpaired) electrons. The van der Waals surface area contributed by atoms with Crippen LogP contribution in [0.15, 0.2) is 23.4 Å². The number of hydrogen-bond acceptors (Lipinski definition) is 5. The summed E-state index contributed by atoms with van der Waals surface area (Å²) in [5, 5.41) is 7.52. The van der Waals surface area contributed by atoms with Gasteiger partial charge >= 0.3 is 0 Å². The van der Waals surface area contributed by atoms with E-state index in [-0.39, 0.29) is 11.4 Å². The molecule has 0 aliphatic heterocycles. The molecule has 1 heterocycles. The zero-order valence-corrected chi connectivity index (χ0v) is 12.4. The molecule has 108 valence electrons. The molecule has 8 heteroatoms. The van der Waals surface area contributed by atoms with E-state index in [4.69, 9.17) is 5.73 Å². The van der Waals surface area contributed by atoms with Gasteiger partial charge in [0.15, 0.2) is 0 Å². The van der Waals surface area contributed by atoms with Gasteiger partial charge in [-0.3, -0.25) is 0 Å². The van der Waals surface area contributed by atoms with Crippen LogP contribution in [0.4, 0.5) is 5.69 Å². The molecule has 0 aliphatic rings. The summed E-state index contributed by atoms with van der Waals surface area (Å²) in [6.07, 6.45) is 1.51. The van der Waals surface area contributed by atoms with Crippen LogP contribution < -0.4 is 10.5 Å². The zero-order valence-electron chi connectivity index (χ0n) is 11.6. The van der Waals surface area contributed by atoms with Crippen molar-refractivity contribution in [1.29, 1.82) is 0 Å². The number of nitrogen functional groups attached to an aromatic ring is 1. The van der Waals surface area contributed by atoms with Gasteiger partial charge in [-0.05, 0) is 37.1 Å². The van der Waals surface area contributed by atoms with Gasteiger partial charge < -0.3 is 10.3 Å². The van der Waals surface area contributed by atoms with E-state index in [9.17, 15) is 8.42 Å². The lowest BCUT2D eigenvalue weighted by Crippen LogP contribution is -2.25. The lowest BCUT2D eigenvalue weighted by atomic mass is 10.1. The highest BCUT2D eigenvalue weighted by Crippen LogP contribution is 2.21. The molecular weight excluding hydrogens is 278 g/mol. The predicted molar refractivity (Wildman–Crippen MR) is 75.4 cm³/mol. The Hall–Kier alpha value is -1.93. The number of aromatic nitrogens is 3. The summed E-state index contributed by atoms with van der Waals surface area (Å²) in [5.74, 6) is 0.533. The fourth-order valence-corrected chi connectivity index (χ4v) is 2.82. The van der Waals surface area contributed by atoms with Crippen molar-refractivity contribution in [3.8, 4) is 0 Å². The third-order valence-electron chi connectivity index (χ3n) is 3.22. The second kappa shape index (κ2) is 5.22. The van der Waals surface area contributed by atoms with Crippen LogP contribution >= 0.6 is 0 Å². The van der Waals surface area contributed by atoms with Crippen molar-refractivity contribution in [2.75, 3.05) is 5.73 Å². The van der Waals surface area contributed by atoms with Crippen LogP contribution in [0.25, 0.3) is 0 Å². The van der Waals surface area contributed by atoms with Gasteiger partial charge in [0.1, 0.15) is 12.2 Å². The maximum Gasteiger partial charge on any atom is 0.241 e. The number of nitrogens with one attached hydrogen (secondary N) is 1. The molecule has 0 saturated carbocycles. The highest BCUT2D eigenvalue weighted by atomic mass is 32.2. The quantitative estimate of drug-likeness (QED) is 0.799. The van der Waals surface area contributed by atoms with E-state index < -0.39 is 10.0 Å². The summed E-state index contributed by atoms with van der Waals surface area (Å²) >= 11 is 0. The minimum Gasteiger partial charge on any atom is -0.398 e. The molecule has 0 saturated heterocycles. The van der Waals surface area contributed by atoms with Gasteiger partial charge in [0, 0.05) is 12.7 Å². The molecule has 0 spiro atoms. The number of aryl methyl sites for hydroxylation is 2. The Kier molecular flexibility index (Phi) is 3.78. The van der Waals surface area contributed by atoms with E-state index in [1.54, 1.807) is 17.7 Å². The minimum absolute atomic E-state index is 0.0751. The number of hydrogen-bond donors (Lipinski definition) is 2. The van der Waals surface area contributed by atoms with E-state index in [0.29, 0.717) is 11.5 Å². The third kappa shape index (κ3) is 2.81. The molecule has 0 fully saturated rings. The Balaban J connectivity index is 2.25. The van der Waals surface area contributed by atoms with Crippen LogP contribution in [0.3, 0.4) is 0 Å². The van der Waals surface area contributed by atoms with Crippen LogP contribution in [0, 0.1) is 13.8 Å². The predicted octanol–water partition coefficient (Wildman–Crippen LogP) is 0.493. The Morgan fingerprint density at radius 1 is 1.35 bits per heavy atom. The van der Waals surface area contributed by atoms with Crippen molar-refractivity contribution in [2.24, 2.45) is 7.05 Å². The first kappa shape index (κ1) is 14.5. The third-order valence-corrected chi connectivity index (χ3v) is 4.60. The van der Waals surface area contributed by atoms with E-state index in [2.05, 4.69) is 14.9 Å². The van der Waals surface area contributed by atoms with Crippen LogP contribution in [0.5, 0.6) is 0 Å². The Morgan fingerprint density at radius 3 is 2.60 bits per heavy atom. The van der Waals surface area contributed by atoms with Crippen LogP contribution in [-0.2, 0) is 23.6 Å². The Bertz CT molecular complexity index is 713. The number of benzene rings is 1. The summed E-state index contributed by atoms with van der Waals surface area (Å²) in [5.41, 5.74) is 8.00. The molecule has 1 aromatic heterocycles. The van der Waals surface area contributed by atoms with Gasteiger partial charge in [0.25, 0.3) is 0 Å². The molecule has 0 bridgehead atoms. The molecule has 0 atom stereocenters. The van der Waals surface area contributed by atoms with Gasteiger partial charge in [-0.15, -0.1) is 10.2 Å². The molecule has 3 N–H and O–H groups in total. The van der Waals surface area contributed by atoms with Crippen LogP contribution in [0.2, 0.25) is 0 Å². The number of sulfonamides is 1. The minimum atomic E-state index is -3.63. The molecule has 2 rings (SSSR count). The van der Waals surface area contributed by atoms with E-state index in [0.717, 1.165) is 11.1 Å². The van der Waals surface area contributed by atoms with Gasteiger partial charge in [0.05, 0.1) is 11.4 Å². The lowest BCUT2D eigenvalue weighted by molar-refractivity contribution is 0.577. The summed E-state index contributed by atoms with van der Waals surface area (Å²) in [4.78, 5) is 0.153. The zero-order chi connectivity index (χ0) is 14.9. The van der Waals surface area contributed by atoms with E-state index in [1.807, 2.05) is 13.8 Å². The Morgan fingerprint density at radius 2 is 2.05 bits per heavy atom. The van der Waals surface area contributed by atoms with Crippen molar-refractivity contribution in [2.45, 2.75) is 25.3 Å². The van der Waals surface area contributed by atoms with Crippen molar-refractivity contribution < 1.29 is 8.42 Å². The van der Waals surface area contributed by atoms with Crippen LogP contribution in [-0.4, -0.2) is 23.2 Å². The molecule has 20 heavy (non-hydrogen) atoms. The first-order valence-electron chi connectivity index (χ1n) is 6.00. The maximum absolute atomic E-state index is 12.2. The topological polar surface area (TPSA) is 103 Å². The summed E-state index contributed by atoms with van der Waals surface area (Å²) in [6, 6.07) is 3.06. The molecule has 0 unspecified atom stereocenters. The second-order valence-corrected chi connectivity index (χ2v) is 6.40. The summed E-state index contributed by atoms with van der Waals surface area (Å²) in [7, 11) is -1.88. The van der Waals surface area contributed by atoms with Crippen LogP contribution in [0.1, 0.15) is 17.0 Å². The Labute approximate surface area is 117 Å². The van der Waals surface area contributed by atoms with E-state index in [1.165, 1.54) is 12.4 Å².